The summed E-state index contributed by atoms with van der Waals surface area (Å²) >= 11 is 0. The largest absolute Gasteiger partial charge is 0.356 e. The first-order valence-electron chi connectivity index (χ1n) is 8.44. The lowest BCUT2D eigenvalue weighted by molar-refractivity contribution is -0.117. The molecule has 5 heteroatoms. The van der Waals surface area contributed by atoms with Crippen LogP contribution in [0.4, 0.5) is 5.69 Å². The number of benzene rings is 1. The van der Waals surface area contributed by atoms with Gasteiger partial charge in [-0.1, -0.05) is 32.0 Å². The van der Waals surface area contributed by atoms with Gasteiger partial charge in [0, 0.05) is 25.8 Å². The molecule has 5 nitrogen and oxygen atoms in total. The molecule has 0 aromatic heterocycles. The van der Waals surface area contributed by atoms with E-state index in [1.807, 2.05) is 23.1 Å². The van der Waals surface area contributed by atoms with E-state index in [-0.39, 0.29) is 12.5 Å². The van der Waals surface area contributed by atoms with E-state index in [9.17, 15) is 4.79 Å². The third kappa shape index (κ3) is 4.98. The Morgan fingerprint density at radius 1 is 1.30 bits per heavy atom. The lowest BCUT2D eigenvalue weighted by Gasteiger charge is -2.29. The van der Waals surface area contributed by atoms with E-state index >= 15 is 0 Å². The molecule has 0 saturated heterocycles. The van der Waals surface area contributed by atoms with Crippen LogP contribution in [0.25, 0.3) is 0 Å². The van der Waals surface area contributed by atoms with Crippen LogP contribution >= 0.6 is 0 Å². The Bertz CT molecular complexity index is 554. The zero-order valence-corrected chi connectivity index (χ0v) is 14.4. The van der Waals surface area contributed by atoms with Crippen molar-refractivity contribution in [3.05, 3.63) is 29.8 Å². The molecule has 1 heterocycles. The third-order valence-corrected chi connectivity index (χ3v) is 4.06. The van der Waals surface area contributed by atoms with Gasteiger partial charge in [0.05, 0.1) is 6.54 Å². The number of amides is 1. The van der Waals surface area contributed by atoms with Gasteiger partial charge in [0.1, 0.15) is 0 Å². The number of para-hydroxylation sites is 1. The Kier molecular flexibility index (Phi) is 6.44. The summed E-state index contributed by atoms with van der Waals surface area (Å²) in [6, 6.07) is 8.16. The average Bonchev–Trinajstić information content (AvgIpc) is 2.56. The average molecular weight is 316 g/mol. The molecule has 0 spiro atoms. The maximum absolute atomic E-state index is 12.5. The van der Waals surface area contributed by atoms with Crippen molar-refractivity contribution < 1.29 is 4.79 Å². The number of guanidine groups is 1. The maximum atomic E-state index is 12.5. The molecule has 0 fully saturated rings. The Labute approximate surface area is 139 Å². The molecule has 1 aromatic carbocycles. The van der Waals surface area contributed by atoms with Crippen LogP contribution in [-0.2, 0) is 11.2 Å². The first-order valence-corrected chi connectivity index (χ1v) is 8.44. The van der Waals surface area contributed by atoms with Gasteiger partial charge in [-0.05, 0) is 36.8 Å². The maximum Gasteiger partial charge on any atom is 0.246 e. The zero-order chi connectivity index (χ0) is 16.7. The monoisotopic (exact) mass is 316 g/mol. The highest BCUT2D eigenvalue weighted by Crippen LogP contribution is 2.26. The van der Waals surface area contributed by atoms with Crippen LogP contribution in [-0.4, -0.2) is 38.5 Å². The molecule has 2 N–H and O–H groups in total. The molecule has 23 heavy (non-hydrogen) atoms. The van der Waals surface area contributed by atoms with Crippen molar-refractivity contribution in [1.29, 1.82) is 0 Å². The highest BCUT2D eigenvalue weighted by molar-refractivity contribution is 5.98. The van der Waals surface area contributed by atoms with Crippen molar-refractivity contribution in [2.45, 2.75) is 33.1 Å². The summed E-state index contributed by atoms with van der Waals surface area (Å²) in [6.45, 7) is 6.29. The number of aliphatic imine (C=N–C) groups is 1. The molecule has 0 unspecified atom stereocenters. The van der Waals surface area contributed by atoms with Crippen molar-refractivity contribution in [3.8, 4) is 0 Å². The topological polar surface area (TPSA) is 56.7 Å². The highest BCUT2D eigenvalue weighted by Gasteiger charge is 2.21. The number of fused-ring (bicyclic) bond motifs is 1. The van der Waals surface area contributed by atoms with Crippen LogP contribution in [0.5, 0.6) is 0 Å². The van der Waals surface area contributed by atoms with Gasteiger partial charge in [0.15, 0.2) is 5.96 Å². The summed E-state index contributed by atoms with van der Waals surface area (Å²) in [4.78, 5) is 18.6. The second-order valence-corrected chi connectivity index (χ2v) is 6.31. The second-order valence-electron chi connectivity index (χ2n) is 6.31. The summed E-state index contributed by atoms with van der Waals surface area (Å²) in [7, 11) is 1.73. The normalized spacial score (nSPS) is 14.6. The molecule has 1 amide bonds. The van der Waals surface area contributed by atoms with E-state index in [1.54, 1.807) is 7.05 Å². The van der Waals surface area contributed by atoms with Crippen molar-refractivity contribution in [1.82, 2.24) is 10.6 Å². The Morgan fingerprint density at radius 3 is 2.83 bits per heavy atom. The molecule has 1 aliphatic heterocycles. The first-order chi connectivity index (χ1) is 11.1. The van der Waals surface area contributed by atoms with Crippen LogP contribution in [0.2, 0.25) is 0 Å². The predicted molar refractivity (Wildman–Crippen MR) is 95.9 cm³/mol. The fourth-order valence-electron chi connectivity index (χ4n) is 2.75. The molecule has 126 valence electrons. The van der Waals surface area contributed by atoms with Gasteiger partial charge in [-0.15, -0.1) is 0 Å². The molecule has 2 rings (SSSR count). The van der Waals surface area contributed by atoms with E-state index in [0.29, 0.717) is 11.9 Å². The summed E-state index contributed by atoms with van der Waals surface area (Å²) in [5, 5.41) is 6.37. The number of carbonyl (C=O) groups excluding carboxylic acids is 1. The number of hydrogen-bond acceptors (Lipinski definition) is 2. The number of carbonyl (C=O) groups is 1. The number of rotatable bonds is 5. The van der Waals surface area contributed by atoms with Crippen LogP contribution in [0.1, 0.15) is 32.3 Å². The molecular formula is C18H28N4O. The van der Waals surface area contributed by atoms with E-state index in [0.717, 1.165) is 38.0 Å². The molecule has 0 saturated carbocycles. The molecule has 1 aromatic rings. The molecule has 0 radical (unpaired) electrons. The van der Waals surface area contributed by atoms with Gasteiger partial charge >= 0.3 is 0 Å². The number of nitrogens with one attached hydrogen (secondary N) is 2. The lowest BCUT2D eigenvalue weighted by Crippen LogP contribution is -2.46. The zero-order valence-electron chi connectivity index (χ0n) is 14.4. The minimum absolute atomic E-state index is 0.0870. The second kappa shape index (κ2) is 8.56. The quantitative estimate of drug-likeness (QED) is 0.647. The van der Waals surface area contributed by atoms with Gasteiger partial charge in [0.25, 0.3) is 0 Å². The van der Waals surface area contributed by atoms with Gasteiger partial charge < -0.3 is 15.5 Å². The van der Waals surface area contributed by atoms with Crippen molar-refractivity contribution >= 4 is 17.6 Å². The van der Waals surface area contributed by atoms with Crippen LogP contribution in [0.15, 0.2) is 29.3 Å². The van der Waals surface area contributed by atoms with E-state index in [2.05, 4.69) is 35.5 Å². The summed E-state index contributed by atoms with van der Waals surface area (Å²) in [5.41, 5.74) is 2.31. The van der Waals surface area contributed by atoms with Crippen molar-refractivity contribution in [2.24, 2.45) is 10.9 Å². The first kappa shape index (κ1) is 17.3. The standard InChI is InChI=1S/C18H28N4O/c1-14(2)10-11-20-18(19-3)21-13-17(23)22-12-6-8-15-7-4-5-9-16(15)22/h4-5,7,9,14H,6,8,10-13H2,1-3H3,(H2,19,20,21). The van der Waals surface area contributed by atoms with Crippen molar-refractivity contribution in [3.63, 3.8) is 0 Å². The third-order valence-electron chi connectivity index (χ3n) is 4.06. The SMILES string of the molecule is CN=C(NCCC(C)C)NCC(=O)N1CCCc2ccccc21. The summed E-state index contributed by atoms with van der Waals surface area (Å²) in [6.07, 6.45) is 3.14. The Hall–Kier alpha value is -2.04. The Morgan fingerprint density at radius 2 is 2.09 bits per heavy atom. The predicted octanol–water partition coefficient (Wildman–Crippen LogP) is 2.18. The number of anilines is 1. The molecule has 0 atom stereocenters. The molecule has 1 aliphatic rings. The summed E-state index contributed by atoms with van der Waals surface area (Å²) in [5.74, 6) is 1.42. The van der Waals surface area contributed by atoms with Crippen LogP contribution < -0.4 is 15.5 Å². The minimum Gasteiger partial charge on any atom is -0.356 e. The highest BCUT2D eigenvalue weighted by atomic mass is 16.2. The van der Waals surface area contributed by atoms with Gasteiger partial charge in [-0.25, -0.2) is 0 Å². The molecule has 0 bridgehead atoms. The van der Waals surface area contributed by atoms with Gasteiger partial charge in [0.2, 0.25) is 5.91 Å². The summed E-state index contributed by atoms with van der Waals surface area (Å²) < 4.78 is 0. The molecular weight excluding hydrogens is 288 g/mol. The Balaban J connectivity index is 1.87. The fraction of sp³-hybridized carbons (Fsp3) is 0.556. The minimum atomic E-state index is 0.0870. The van der Waals surface area contributed by atoms with Gasteiger partial charge in [-0.3, -0.25) is 9.79 Å². The van der Waals surface area contributed by atoms with E-state index in [4.69, 9.17) is 0 Å². The van der Waals surface area contributed by atoms with E-state index in [1.165, 1.54) is 5.56 Å². The number of nitrogens with zero attached hydrogens (tertiary/aromatic N) is 2. The smallest absolute Gasteiger partial charge is 0.246 e. The molecule has 0 aliphatic carbocycles. The number of hydrogen-bond donors (Lipinski definition) is 2. The van der Waals surface area contributed by atoms with Crippen molar-refractivity contribution in [2.75, 3.05) is 31.6 Å². The van der Waals surface area contributed by atoms with Crippen LogP contribution in [0.3, 0.4) is 0 Å². The fourth-order valence-corrected chi connectivity index (χ4v) is 2.75. The van der Waals surface area contributed by atoms with E-state index < -0.39 is 0 Å². The number of aryl methyl sites for hydroxylation is 1. The van der Waals surface area contributed by atoms with Gasteiger partial charge in [-0.2, -0.15) is 0 Å². The van der Waals surface area contributed by atoms with Crippen LogP contribution in [0, 0.1) is 5.92 Å². The lowest BCUT2D eigenvalue weighted by atomic mass is 10.0.